The minimum Gasteiger partial charge on any atom is -0.493 e. The highest BCUT2D eigenvalue weighted by Gasteiger charge is 2.27. The lowest BCUT2D eigenvalue weighted by Crippen LogP contribution is -2.21. The molecule has 4 rings (SSSR count). The standard InChI is InChI=1S/C20H24N2O3S/c1-3-24-16-9-13-8-12(2)25-17(13)10-14(16)11-18-19(23)22-20(26-18)21-15-6-4-5-7-15/h9-12,15H,3-8H2,1-2H3,(H,21,22,23)/b18-11-. The van der Waals surface area contributed by atoms with Gasteiger partial charge >= 0.3 is 0 Å². The Morgan fingerprint density at radius 1 is 1.38 bits per heavy atom. The predicted octanol–water partition coefficient (Wildman–Crippen LogP) is 3.91. The number of benzene rings is 1. The lowest BCUT2D eigenvalue weighted by Gasteiger charge is -2.10. The van der Waals surface area contributed by atoms with Gasteiger partial charge in [0.25, 0.3) is 5.91 Å². The highest BCUT2D eigenvalue weighted by Crippen LogP contribution is 2.38. The third-order valence-electron chi connectivity index (χ3n) is 4.89. The van der Waals surface area contributed by atoms with Crippen LogP contribution in [0.15, 0.2) is 22.0 Å². The Kier molecular flexibility index (Phi) is 4.94. The third-order valence-corrected chi connectivity index (χ3v) is 5.81. The number of nitrogens with one attached hydrogen (secondary N) is 1. The van der Waals surface area contributed by atoms with Crippen LogP contribution in [0.1, 0.15) is 50.7 Å². The molecule has 6 heteroatoms. The van der Waals surface area contributed by atoms with Crippen molar-refractivity contribution in [3.05, 3.63) is 28.2 Å². The summed E-state index contributed by atoms with van der Waals surface area (Å²) < 4.78 is 11.7. The number of carbonyl (C=O) groups excluding carboxylic acids is 1. The molecule has 1 aromatic rings. The van der Waals surface area contributed by atoms with Crippen LogP contribution in [0, 0.1) is 0 Å². The fraction of sp³-hybridized carbons (Fsp3) is 0.500. The largest absolute Gasteiger partial charge is 0.493 e. The van der Waals surface area contributed by atoms with Crippen molar-refractivity contribution in [2.75, 3.05) is 6.61 Å². The molecule has 3 aliphatic rings. The lowest BCUT2D eigenvalue weighted by atomic mass is 10.1. The normalized spacial score (nSPS) is 25.6. The van der Waals surface area contributed by atoms with Gasteiger partial charge in [0.05, 0.1) is 17.6 Å². The first-order chi connectivity index (χ1) is 12.6. The lowest BCUT2D eigenvalue weighted by molar-refractivity contribution is -0.115. The van der Waals surface area contributed by atoms with E-state index in [1.807, 2.05) is 25.1 Å². The van der Waals surface area contributed by atoms with Gasteiger partial charge in [-0.3, -0.25) is 9.79 Å². The fourth-order valence-electron chi connectivity index (χ4n) is 3.68. The number of fused-ring (bicyclic) bond motifs is 1. The van der Waals surface area contributed by atoms with Gasteiger partial charge < -0.3 is 14.8 Å². The molecular weight excluding hydrogens is 348 g/mol. The predicted molar refractivity (Wildman–Crippen MR) is 105 cm³/mol. The van der Waals surface area contributed by atoms with Gasteiger partial charge in [0, 0.05) is 17.5 Å². The number of hydrogen-bond donors (Lipinski definition) is 1. The zero-order chi connectivity index (χ0) is 18.1. The number of aliphatic imine (C=N–C) groups is 1. The summed E-state index contributed by atoms with van der Waals surface area (Å²) in [5.74, 6) is 1.59. The number of nitrogens with zero attached hydrogens (tertiary/aromatic N) is 1. The van der Waals surface area contributed by atoms with E-state index >= 15 is 0 Å². The van der Waals surface area contributed by atoms with Crippen molar-refractivity contribution in [1.29, 1.82) is 0 Å². The molecule has 1 saturated heterocycles. The van der Waals surface area contributed by atoms with Crippen LogP contribution in [-0.2, 0) is 11.2 Å². The molecule has 0 radical (unpaired) electrons. The minimum absolute atomic E-state index is 0.0935. The van der Waals surface area contributed by atoms with Gasteiger partial charge in [-0.2, -0.15) is 0 Å². The maximum Gasteiger partial charge on any atom is 0.264 e. The molecular formula is C20H24N2O3S. The summed E-state index contributed by atoms with van der Waals surface area (Å²) in [6.45, 7) is 4.61. The summed E-state index contributed by atoms with van der Waals surface area (Å²) in [5, 5.41) is 3.62. The minimum atomic E-state index is -0.0935. The Hall–Kier alpha value is -1.95. The summed E-state index contributed by atoms with van der Waals surface area (Å²) in [6.07, 6.45) is 7.65. The van der Waals surface area contributed by atoms with Crippen molar-refractivity contribution < 1.29 is 14.3 Å². The van der Waals surface area contributed by atoms with Gasteiger partial charge in [-0.15, -0.1) is 0 Å². The summed E-state index contributed by atoms with van der Waals surface area (Å²) in [4.78, 5) is 17.7. The van der Waals surface area contributed by atoms with Crippen LogP contribution in [0.25, 0.3) is 6.08 Å². The van der Waals surface area contributed by atoms with Crippen LogP contribution < -0.4 is 14.8 Å². The van der Waals surface area contributed by atoms with Crippen molar-refractivity contribution in [2.24, 2.45) is 4.99 Å². The molecule has 138 valence electrons. The quantitative estimate of drug-likeness (QED) is 0.814. The van der Waals surface area contributed by atoms with Crippen LogP contribution in [0.3, 0.4) is 0 Å². The fourth-order valence-corrected chi connectivity index (χ4v) is 4.56. The van der Waals surface area contributed by atoms with Gasteiger partial charge in [0.15, 0.2) is 5.17 Å². The molecule has 0 bridgehead atoms. The Labute approximate surface area is 158 Å². The van der Waals surface area contributed by atoms with Crippen LogP contribution in [0.4, 0.5) is 0 Å². The molecule has 5 nitrogen and oxygen atoms in total. The second kappa shape index (κ2) is 7.35. The summed E-state index contributed by atoms with van der Waals surface area (Å²) in [6, 6.07) is 4.38. The number of ether oxygens (including phenoxy) is 2. The molecule has 1 unspecified atom stereocenters. The van der Waals surface area contributed by atoms with E-state index in [0.29, 0.717) is 17.6 Å². The van der Waals surface area contributed by atoms with Crippen LogP contribution in [-0.4, -0.2) is 29.8 Å². The monoisotopic (exact) mass is 372 g/mol. The summed E-state index contributed by atoms with van der Waals surface area (Å²) in [7, 11) is 0. The van der Waals surface area contributed by atoms with Gasteiger partial charge in [0.2, 0.25) is 0 Å². The third kappa shape index (κ3) is 3.61. The SMILES string of the molecule is CCOc1cc2c(cc1/C=C1\SC(=NC3CCCC3)NC1=O)OC(C)C2. The Balaban J connectivity index is 1.61. The number of thioether (sulfide) groups is 1. The Morgan fingerprint density at radius 2 is 2.19 bits per heavy atom. The first-order valence-corrected chi connectivity index (χ1v) is 10.2. The average Bonchev–Trinajstić information content (AvgIpc) is 3.30. The molecule has 1 atom stereocenters. The van der Waals surface area contributed by atoms with Crippen molar-refractivity contribution >= 4 is 28.9 Å². The van der Waals surface area contributed by atoms with E-state index in [1.165, 1.54) is 24.6 Å². The molecule has 2 fully saturated rings. The second-order valence-electron chi connectivity index (χ2n) is 7.00. The Bertz CT molecular complexity index is 782. The van der Waals surface area contributed by atoms with E-state index in [1.54, 1.807) is 0 Å². The Morgan fingerprint density at radius 3 is 2.96 bits per heavy atom. The first-order valence-electron chi connectivity index (χ1n) is 9.37. The average molecular weight is 372 g/mol. The number of carbonyl (C=O) groups is 1. The van der Waals surface area contributed by atoms with E-state index in [4.69, 9.17) is 14.5 Å². The van der Waals surface area contributed by atoms with Crippen LogP contribution in [0.2, 0.25) is 0 Å². The van der Waals surface area contributed by atoms with Gasteiger partial charge in [0.1, 0.15) is 17.6 Å². The van der Waals surface area contributed by atoms with E-state index in [-0.39, 0.29) is 12.0 Å². The molecule has 0 spiro atoms. The molecule has 1 aromatic carbocycles. The molecule has 1 N–H and O–H groups in total. The van der Waals surface area contributed by atoms with Gasteiger partial charge in [-0.25, -0.2) is 0 Å². The molecule has 0 aromatic heterocycles. The highest BCUT2D eigenvalue weighted by atomic mass is 32.2. The number of rotatable bonds is 4. The van der Waals surface area contributed by atoms with E-state index < -0.39 is 0 Å². The number of amides is 1. The molecule has 1 aliphatic carbocycles. The molecule has 1 saturated carbocycles. The summed E-state index contributed by atoms with van der Waals surface area (Å²) >= 11 is 1.42. The van der Waals surface area contributed by atoms with E-state index in [2.05, 4.69) is 12.2 Å². The van der Waals surface area contributed by atoms with Crippen molar-refractivity contribution in [3.63, 3.8) is 0 Å². The van der Waals surface area contributed by atoms with Gasteiger partial charge in [-0.1, -0.05) is 12.8 Å². The second-order valence-corrected chi connectivity index (χ2v) is 8.03. The topological polar surface area (TPSA) is 59.9 Å². The molecule has 1 amide bonds. The van der Waals surface area contributed by atoms with Crippen LogP contribution in [0.5, 0.6) is 11.5 Å². The number of hydrogen-bond acceptors (Lipinski definition) is 5. The van der Waals surface area contributed by atoms with Crippen LogP contribution >= 0.6 is 11.8 Å². The van der Waals surface area contributed by atoms with Gasteiger partial charge in [-0.05, 0) is 56.7 Å². The maximum absolute atomic E-state index is 12.4. The number of amidine groups is 1. The maximum atomic E-state index is 12.4. The molecule has 2 heterocycles. The van der Waals surface area contributed by atoms with E-state index in [0.717, 1.165) is 47.1 Å². The first kappa shape index (κ1) is 17.5. The van der Waals surface area contributed by atoms with E-state index in [9.17, 15) is 4.79 Å². The zero-order valence-corrected chi connectivity index (χ0v) is 16.0. The summed E-state index contributed by atoms with van der Waals surface area (Å²) in [5.41, 5.74) is 2.04. The zero-order valence-electron chi connectivity index (χ0n) is 15.2. The highest BCUT2D eigenvalue weighted by molar-refractivity contribution is 8.18. The smallest absolute Gasteiger partial charge is 0.264 e. The van der Waals surface area contributed by atoms with Crippen molar-refractivity contribution in [2.45, 2.75) is 58.1 Å². The van der Waals surface area contributed by atoms with Crippen molar-refractivity contribution in [1.82, 2.24) is 5.32 Å². The molecule has 2 aliphatic heterocycles. The van der Waals surface area contributed by atoms with Crippen molar-refractivity contribution in [3.8, 4) is 11.5 Å². The molecule has 26 heavy (non-hydrogen) atoms.